The largest absolute Gasteiger partial charge is 0.528 e. The summed E-state index contributed by atoms with van der Waals surface area (Å²) in [6.45, 7) is 7.25. The van der Waals surface area contributed by atoms with Crippen LogP contribution in [-0.2, 0) is 28.2 Å². The van der Waals surface area contributed by atoms with Crippen molar-refractivity contribution in [3.63, 3.8) is 0 Å². The molecule has 0 radical (unpaired) electrons. The molecule has 130 valence electrons. The molecule has 0 aromatic heterocycles. The van der Waals surface area contributed by atoms with Crippen molar-refractivity contribution in [2.45, 2.75) is 6.04 Å². The van der Waals surface area contributed by atoms with E-state index in [1.54, 1.807) is 41.2 Å². The van der Waals surface area contributed by atoms with E-state index in [1.807, 2.05) is 6.08 Å². The molecule has 0 aliphatic carbocycles. The molecule has 0 aliphatic heterocycles. The van der Waals surface area contributed by atoms with Gasteiger partial charge in [0.05, 0.1) is 0 Å². The first-order valence-corrected chi connectivity index (χ1v) is 10.7. The predicted molar refractivity (Wildman–Crippen MR) is 98.4 cm³/mol. The summed E-state index contributed by atoms with van der Waals surface area (Å²) < 4.78 is 25.4. The molecule has 0 unspecified atom stereocenters. The first-order chi connectivity index (χ1) is 11.0. The number of rotatable bonds is 9. The summed E-state index contributed by atoms with van der Waals surface area (Å²) in [5.74, 6) is 0. The Bertz CT molecular complexity index is 434. The van der Waals surface area contributed by atoms with Crippen LogP contribution in [0.25, 0.3) is 6.08 Å². The van der Waals surface area contributed by atoms with Gasteiger partial charge in [-0.1, -0.05) is 43.5 Å². The van der Waals surface area contributed by atoms with Crippen molar-refractivity contribution in [1.82, 2.24) is 0 Å². The van der Waals surface area contributed by atoms with Gasteiger partial charge in [-0.3, -0.25) is 0 Å². The van der Waals surface area contributed by atoms with Gasteiger partial charge in [-0.25, -0.2) is 0 Å². The van der Waals surface area contributed by atoms with Gasteiger partial charge in [0, 0.05) is 41.6 Å². The van der Waals surface area contributed by atoms with E-state index in [0.717, 1.165) is 11.6 Å². The minimum Gasteiger partial charge on any atom is -0.400 e. The highest BCUT2D eigenvalue weighted by atomic mass is 28.4. The smallest absolute Gasteiger partial charge is 0.400 e. The molecular formula is C16H28O5Si2. The lowest BCUT2D eigenvalue weighted by atomic mass is 10.1. The average molecular weight is 357 g/mol. The minimum atomic E-state index is -2.43. The standard InChI is InChI=1S/C11H16O2Si.C5H12O3Si/c1-4-10-5-7-11(8-6-10)9-14(12-2)13-3;1-5-9(6-2,7-3)8-4/h4-8,14H,1,9H2,2-3H3;5H,1H2,2-4H3. The van der Waals surface area contributed by atoms with E-state index >= 15 is 0 Å². The quantitative estimate of drug-likeness (QED) is 0.636. The zero-order chi connectivity index (χ0) is 17.7. The first kappa shape index (κ1) is 21.9. The van der Waals surface area contributed by atoms with Crippen LogP contribution in [0, 0.1) is 0 Å². The van der Waals surface area contributed by atoms with Crippen LogP contribution in [0.3, 0.4) is 0 Å². The lowest BCUT2D eigenvalue weighted by Gasteiger charge is -2.19. The number of benzene rings is 1. The first-order valence-electron chi connectivity index (χ1n) is 7.10. The normalized spacial score (nSPS) is 10.9. The van der Waals surface area contributed by atoms with Gasteiger partial charge in [-0.2, -0.15) is 0 Å². The molecule has 0 atom stereocenters. The Morgan fingerprint density at radius 1 is 0.913 bits per heavy atom. The summed E-state index contributed by atoms with van der Waals surface area (Å²) in [7, 11) is 4.14. The molecule has 0 amide bonds. The van der Waals surface area contributed by atoms with Crippen LogP contribution >= 0.6 is 0 Å². The molecule has 23 heavy (non-hydrogen) atoms. The average Bonchev–Trinajstić information content (AvgIpc) is 2.63. The Kier molecular flexibility index (Phi) is 11.8. The van der Waals surface area contributed by atoms with Gasteiger partial charge >= 0.3 is 18.1 Å². The molecule has 1 rings (SSSR count). The van der Waals surface area contributed by atoms with Crippen LogP contribution in [0.5, 0.6) is 0 Å². The Morgan fingerprint density at radius 2 is 1.39 bits per heavy atom. The van der Waals surface area contributed by atoms with E-state index in [2.05, 4.69) is 37.4 Å². The van der Waals surface area contributed by atoms with Crippen LogP contribution in [0.15, 0.2) is 43.1 Å². The number of hydrogen-bond acceptors (Lipinski definition) is 5. The van der Waals surface area contributed by atoms with E-state index in [0.29, 0.717) is 0 Å². The van der Waals surface area contributed by atoms with Crippen molar-refractivity contribution >= 4 is 24.2 Å². The van der Waals surface area contributed by atoms with E-state index < -0.39 is 18.1 Å². The third-order valence-corrected chi connectivity index (χ3v) is 7.31. The minimum absolute atomic E-state index is 0.907. The van der Waals surface area contributed by atoms with Gasteiger partial charge < -0.3 is 22.1 Å². The second-order valence-electron chi connectivity index (χ2n) is 4.47. The molecule has 0 heterocycles. The third kappa shape index (κ3) is 7.84. The van der Waals surface area contributed by atoms with Crippen molar-refractivity contribution in [3.8, 4) is 0 Å². The molecule has 0 bridgehead atoms. The summed E-state index contributed by atoms with van der Waals surface area (Å²) in [5, 5.41) is 0. The van der Waals surface area contributed by atoms with Crippen molar-refractivity contribution < 1.29 is 22.1 Å². The monoisotopic (exact) mass is 356 g/mol. The maximum atomic E-state index is 5.26. The number of hydrogen-bond donors (Lipinski definition) is 0. The highest BCUT2D eigenvalue weighted by Gasteiger charge is 2.33. The Morgan fingerprint density at radius 3 is 1.65 bits per heavy atom. The van der Waals surface area contributed by atoms with Gasteiger partial charge in [0.1, 0.15) is 0 Å². The molecule has 0 N–H and O–H groups in total. The van der Waals surface area contributed by atoms with Crippen LogP contribution in [0.2, 0.25) is 0 Å². The lowest BCUT2D eigenvalue weighted by Crippen LogP contribution is -2.40. The fourth-order valence-corrected chi connectivity index (χ4v) is 3.93. The summed E-state index contributed by atoms with van der Waals surface area (Å²) in [4.78, 5) is 0. The Balaban J connectivity index is 0.000000468. The Labute approximate surface area is 142 Å². The third-order valence-electron chi connectivity index (χ3n) is 3.25. The van der Waals surface area contributed by atoms with Crippen molar-refractivity contribution in [2.75, 3.05) is 35.5 Å². The van der Waals surface area contributed by atoms with Crippen LogP contribution in [0.1, 0.15) is 11.1 Å². The van der Waals surface area contributed by atoms with Crippen molar-refractivity contribution in [1.29, 1.82) is 0 Å². The molecule has 5 nitrogen and oxygen atoms in total. The molecule has 0 saturated heterocycles. The molecule has 7 heteroatoms. The molecular weight excluding hydrogens is 328 g/mol. The fourth-order valence-electron chi connectivity index (χ4n) is 1.75. The van der Waals surface area contributed by atoms with Gasteiger partial charge in [0.25, 0.3) is 0 Å². The van der Waals surface area contributed by atoms with Crippen molar-refractivity contribution in [3.05, 3.63) is 54.2 Å². The molecule has 0 fully saturated rings. The zero-order valence-electron chi connectivity index (χ0n) is 14.7. The van der Waals surface area contributed by atoms with E-state index in [-0.39, 0.29) is 0 Å². The van der Waals surface area contributed by atoms with Crippen LogP contribution in [-0.4, -0.2) is 53.6 Å². The summed E-state index contributed by atoms with van der Waals surface area (Å²) >= 11 is 0. The van der Waals surface area contributed by atoms with Gasteiger partial charge in [0.15, 0.2) is 0 Å². The fraction of sp³-hybridized carbons (Fsp3) is 0.375. The Hall–Kier alpha value is -1.07. The maximum Gasteiger partial charge on any atom is 0.528 e. The molecule has 1 aromatic rings. The van der Waals surface area contributed by atoms with Crippen molar-refractivity contribution in [2.24, 2.45) is 0 Å². The molecule has 0 saturated carbocycles. The zero-order valence-corrected chi connectivity index (χ0v) is 16.9. The second kappa shape index (κ2) is 12.4. The second-order valence-corrected chi connectivity index (χ2v) is 9.52. The summed E-state index contributed by atoms with van der Waals surface area (Å²) in [5.41, 5.74) is 3.98. The highest BCUT2D eigenvalue weighted by molar-refractivity contribution is 6.66. The molecule has 0 aliphatic rings. The van der Waals surface area contributed by atoms with Gasteiger partial charge in [0.2, 0.25) is 0 Å². The highest BCUT2D eigenvalue weighted by Crippen LogP contribution is 2.08. The van der Waals surface area contributed by atoms with Gasteiger partial charge in [-0.05, 0) is 16.8 Å². The SMILES string of the molecule is C=C[Si](OC)(OC)OC.C=Cc1ccc(C[SiH](OC)OC)cc1. The van der Waals surface area contributed by atoms with E-state index in [9.17, 15) is 0 Å². The maximum absolute atomic E-state index is 5.26. The topological polar surface area (TPSA) is 46.2 Å². The summed E-state index contributed by atoms with van der Waals surface area (Å²) in [6.07, 6.45) is 1.84. The molecule has 0 spiro atoms. The van der Waals surface area contributed by atoms with Crippen LogP contribution in [0.4, 0.5) is 0 Å². The predicted octanol–water partition coefficient (Wildman–Crippen LogP) is 2.51. The summed E-state index contributed by atoms with van der Waals surface area (Å²) in [6, 6.07) is 9.20. The molecule has 1 aromatic carbocycles. The van der Waals surface area contributed by atoms with E-state index in [1.165, 1.54) is 5.56 Å². The lowest BCUT2D eigenvalue weighted by molar-refractivity contribution is 0.138. The van der Waals surface area contributed by atoms with Crippen LogP contribution < -0.4 is 0 Å². The van der Waals surface area contributed by atoms with Gasteiger partial charge in [-0.15, -0.1) is 0 Å². The van der Waals surface area contributed by atoms with E-state index in [4.69, 9.17) is 22.1 Å².